The Labute approximate surface area is 159 Å². The largest absolute Gasteiger partial charge is 0.381 e. The summed E-state index contributed by atoms with van der Waals surface area (Å²) in [6.07, 6.45) is 5.83. The fraction of sp³-hybridized carbons (Fsp3) is 0.950. The van der Waals surface area contributed by atoms with Crippen LogP contribution in [0.2, 0.25) is 0 Å². The lowest BCUT2D eigenvalue weighted by Gasteiger charge is -2.52. The van der Waals surface area contributed by atoms with Gasteiger partial charge in [0.25, 0.3) is 0 Å². The highest BCUT2D eigenvalue weighted by molar-refractivity contribution is 5.80. The van der Waals surface area contributed by atoms with Gasteiger partial charge in [-0.2, -0.15) is 0 Å². The van der Waals surface area contributed by atoms with Gasteiger partial charge >= 0.3 is 0 Å². The van der Waals surface area contributed by atoms with Crippen LogP contribution in [0.1, 0.15) is 52.9 Å². The average molecular weight is 370 g/mol. The fourth-order valence-corrected chi connectivity index (χ4v) is 3.49. The number of hydrogen-bond donors (Lipinski definition) is 2. The Morgan fingerprint density at radius 1 is 1.27 bits per heavy atom. The minimum atomic E-state index is 0.137. The van der Waals surface area contributed by atoms with Crippen LogP contribution in [-0.4, -0.2) is 64.7 Å². The summed E-state index contributed by atoms with van der Waals surface area (Å²) in [7, 11) is 1.83. The quantitative estimate of drug-likeness (QED) is 0.333. The van der Waals surface area contributed by atoms with Crippen molar-refractivity contribution in [1.82, 2.24) is 10.6 Å². The predicted octanol–water partition coefficient (Wildman–Crippen LogP) is 2.58. The molecule has 6 heteroatoms. The molecule has 0 aromatic rings. The molecule has 0 radical (unpaired) electrons. The zero-order valence-electron chi connectivity index (χ0n) is 17.2. The first-order chi connectivity index (χ1) is 12.6. The summed E-state index contributed by atoms with van der Waals surface area (Å²) in [6, 6.07) is 0.402. The van der Waals surface area contributed by atoms with E-state index in [1.807, 2.05) is 7.05 Å². The number of aliphatic imine (C=N–C) groups is 1. The molecule has 1 aliphatic heterocycles. The highest BCUT2D eigenvalue weighted by atomic mass is 16.5. The molecule has 1 heterocycles. The molecule has 0 bridgehead atoms. The zero-order valence-corrected chi connectivity index (χ0v) is 17.2. The topological polar surface area (TPSA) is 64.1 Å². The van der Waals surface area contributed by atoms with Crippen LogP contribution in [0.3, 0.4) is 0 Å². The monoisotopic (exact) mass is 369 g/mol. The van der Waals surface area contributed by atoms with Crippen molar-refractivity contribution in [3.8, 4) is 0 Å². The molecule has 0 amide bonds. The molecule has 3 unspecified atom stereocenters. The average Bonchev–Trinajstić information content (AvgIpc) is 3.14. The second-order valence-electron chi connectivity index (χ2n) is 8.12. The summed E-state index contributed by atoms with van der Waals surface area (Å²) >= 11 is 0. The molecule has 1 aliphatic carbocycles. The van der Waals surface area contributed by atoms with E-state index in [0.29, 0.717) is 18.1 Å². The van der Waals surface area contributed by atoms with E-state index >= 15 is 0 Å². The molecule has 0 spiro atoms. The Morgan fingerprint density at radius 2 is 2.12 bits per heavy atom. The van der Waals surface area contributed by atoms with Crippen LogP contribution >= 0.6 is 0 Å². The second kappa shape index (κ2) is 11.1. The maximum absolute atomic E-state index is 6.02. The fourth-order valence-electron chi connectivity index (χ4n) is 3.49. The Kier molecular flexibility index (Phi) is 9.16. The van der Waals surface area contributed by atoms with E-state index in [1.165, 1.54) is 6.42 Å². The second-order valence-corrected chi connectivity index (χ2v) is 8.12. The van der Waals surface area contributed by atoms with Gasteiger partial charge in [0.05, 0.1) is 19.3 Å². The summed E-state index contributed by atoms with van der Waals surface area (Å²) in [5.41, 5.74) is 0.137. The van der Waals surface area contributed by atoms with Gasteiger partial charge in [0, 0.05) is 50.8 Å². The van der Waals surface area contributed by atoms with E-state index in [0.717, 1.165) is 71.2 Å². The Morgan fingerprint density at radius 3 is 2.77 bits per heavy atom. The molecule has 152 valence electrons. The molecule has 6 nitrogen and oxygen atoms in total. The van der Waals surface area contributed by atoms with Gasteiger partial charge in [-0.05, 0) is 25.7 Å². The lowest BCUT2D eigenvalue weighted by Crippen LogP contribution is -2.63. The maximum atomic E-state index is 6.02. The molecule has 3 atom stereocenters. The third kappa shape index (κ3) is 6.39. The van der Waals surface area contributed by atoms with Crippen LogP contribution < -0.4 is 10.6 Å². The third-order valence-electron chi connectivity index (χ3n) is 5.66. The van der Waals surface area contributed by atoms with Gasteiger partial charge in [-0.3, -0.25) is 4.99 Å². The van der Waals surface area contributed by atoms with Crippen LogP contribution in [0, 0.1) is 11.3 Å². The van der Waals surface area contributed by atoms with Gasteiger partial charge in [0.15, 0.2) is 5.96 Å². The molecule has 0 aromatic carbocycles. The number of guanidine groups is 1. The van der Waals surface area contributed by atoms with E-state index in [1.54, 1.807) is 0 Å². The van der Waals surface area contributed by atoms with Crippen molar-refractivity contribution < 1.29 is 14.2 Å². The third-order valence-corrected chi connectivity index (χ3v) is 5.66. The normalized spacial score (nSPS) is 28.0. The van der Waals surface area contributed by atoms with Gasteiger partial charge in [0.2, 0.25) is 0 Å². The summed E-state index contributed by atoms with van der Waals surface area (Å²) in [5.74, 6) is 1.46. The van der Waals surface area contributed by atoms with E-state index in [9.17, 15) is 0 Å². The Bertz CT molecular complexity index is 423. The minimum absolute atomic E-state index is 0.137. The number of unbranched alkanes of at least 4 members (excludes halogenated alkanes) is 1. The molecular formula is C20H39N3O3. The van der Waals surface area contributed by atoms with Gasteiger partial charge in [-0.25, -0.2) is 0 Å². The van der Waals surface area contributed by atoms with E-state index < -0.39 is 0 Å². The highest BCUT2D eigenvalue weighted by Crippen LogP contribution is 2.42. The number of rotatable bonds is 11. The van der Waals surface area contributed by atoms with Crippen molar-refractivity contribution in [2.45, 2.75) is 65.0 Å². The molecule has 0 aromatic heterocycles. The van der Waals surface area contributed by atoms with E-state index in [2.05, 4.69) is 36.4 Å². The van der Waals surface area contributed by atoms with E-state index in [4.69, 9.17) is 14.2 Å². The van der Waals surface area contributed by atoms with Crippen LogP contribution in [0.5, 0.6) is 0 Å². The van der Waals surface area contributed by atoms with Crippen LogP contribution in [-0.2, 0) is 14.2 Å². The summed E-state index contributed by atoms with van der Waals surface area (Å²) < 4.78 is 17.1. The standard InChI is InChI=1S/C20H39N3O3/c1-5-6-11-26-18-13-17(20(18,2)3)23-19(21-4)22-9-7-10-24-14-16-8-12-25-15-16/h16-18H,5-15H2,1-4H3,(H2,21,22,23). The lowest BCUT2D eigenvalue weighted by molar-refractivity contribution is -0.113. The lowest BCUT2D eigenvalue weighted by atomic mass is 9.64. The van der Waals surface area contributed by atoms with Crippen molar-refractivity contribution in [1.29, 1.82) is 0 Å². The van der Waals surface area contributed by atoms with Crippen molar-refractivity contribution in [2.75, 3.05) is 46.6 Å². The van der Waals surface area contributed by atoms with Gasteiger partial charge in [0.1, 0.15) is 0 Å². The number of hydrogen-bond acceptors (Lipinski definition) is 4. The molecule has 2 N–H and O–H groups in total. The zero-order chi connectivity index (χ0) is 18.8. The molecule has 1 saturated heterocycles. The van der Waals surface area contributed by atoms with Crippen molar-refractivity contribution in [2.24, 2.45) is 16.3 Å². The van der Waals surface area contributed by atoms with E-state index in [-0.39, 0.29) is 5.41 Å². The van der Waals surface area contributed by atoms with Crippen LogP contribution in [0.4, 0.5) is 0 Å². The van der Waals surface area contributed by atoms with Gasteiger partial charge < -0.3 is 24.8 Å². The van der Waals surface area contributed by atoms with Crippen molar-refractivity contribution >= 4 is 5.96 Å². The van der Waals surface area contributed by atoms with Gasteiger partial charge in [-0.1, -0.05) is 27.2 Å². The molecular weight excluding hydrogens is 330 g/mol. The van der Waals surface area contributed by atoms with Crippen molar-refractivity contribution in [3.63, 3.8) is 0 Å². The smallest absolute Gasteiger partial charge is 0.191 e. The van der Waals surface area contributed by atoms with Crippen molar-refractivity contribution in [3.05, 3.63) is 0 Å². The summed E-state index contributed by atoms with van der Waals surface area (Å²) in [5, 5.41) is 6.95. The number of ether oxygens (including phenoxy) is 3. The number of nitrogens with zero attached hydrogens (tertiary/aromatic N) is 1. The minimum Gasteiger partial charge on any atom is -0.381 e. The Balaban J connectivity index is 1.56. The SMILES string of the molecule is CCCCOC1CC(NC(=NC)NCCCOCC2CCOC2)C1(C)C. The summed E-state index contributed by atoms with van der Waals surface area (Å²) in [6.45, 7) is 11.8. The van der Waals surface area contributed by atoms with Gasteiger partial charge in [-0.15, -0.1) is 0 Å². The first-order valence-corrected chi connectivity index (χ1v) is 10.3. The molecule has 26 heavy (non-hydrogen) atoms. The van der Waals surface area contributed by atoms with Crippen LogP contribution in [0.25, 0.3) is 0 Å². The van der Waals surface area contributed by atoms with Crippen LogP contribution in [0.15, 0.2) is 4.99 Å². The summed E-state index contributed by atoms with van der Waals surface area (Å²) in [4.78, 5) is 4.35. The predicted molar refractivity (Wildman–Crippen MR) is 106 cm³/mol. The Hall–Kier alpha value is -0.850. The molecule has 2 aliphatic rings. The number of nitrogens with one attached hydrogen (secondary N) is 2. The highest BCUT2D eigenvalue weighted by Gasteiger charge is 2.49. The maximum Gasteiger partial charge on any atom is 0.191 e. The molecule has 1 saturated carbocycles. The first kappa shape index (κ1) is 21.5. The molecule has 2 fully saturated rings. The molecule has 2 rings (SSSR count). The first-order valence-electron chi connectivity index (χ1n) is 10.3.